The Morgan fingerprint density at radius 3 is 2.60 bits per heavy atom. The zero-order valence-electron chi connectivity index (χ0n) is 14.0. The molecular weight excluding hydrogens is 326 g/mol. The molecule has 0 saturated heterocycles. The van der Waals surface area contributed by atoms with Gasteiger partial charge in [-0.15, -0.1) is 0 Å². The van der Waals surface area contributed by atoms with Gasteiger partial charge in [-0.1, -0.05) is 24.3 Å². The Morgan fingerprint density at radius 1 is 1.36 bits per heavy atom. The number of nitrogens with one attached hydrogen (secondary N) is 2. The van der Waals surface area contributed by atoms with E-state index in [1.807, 2.05) is 12.1 Å². The minimum atomic E-state index is -1.17. The van der Waals surface area contributed by atoms with E-state index in [1.165, 1.54) is 18.1 Å². The maximum Gasteiger partial charge on any atom is 0.326 e. The van der Waals surface area contributed by atoms with E-state index in [-0.39, 0.29) is 18.9 Å². The van der Waals surface area contributed by atoms with Crippen molar-refractivity contribution in [3.63, 3.8) is 0 Å². The summed E-state index contributed by atoms with van der Waals surface area (Å²) in [6.07, 6.45) is 2.87. The third-order valence-corrected chi connectivity index (χ3v) is 3.76. The Hall–Kier alpha value is -2.90. The number of carboxylic acid groups (broad SMARTS) is 1. The molecule has 2 atom stereocenters. The Morgan fingerprint density at radius 2 is 2.04 bits per heavy atom. The van der Waals surface area contributed by atoms with Crippen LogP contribution in [0.5, 0.6) is 0 Å². The highest BCUT2D eigenvalue weighted by Crippen LogP contribution is 2.29. The first-order valence-corrected chi connectivity index (χ1v) is 7.90. The summed E-state index contributed by atoms with van der Waals surface area (Å²) >= 11 is 0. The van der Waals surface area contributed by atoms with E-state index in [1.54, 1.807) is 0 Å². The van der Waals surface area contributed by atoms with E-state index >= 15 is 0 Å². The van der Waals surface area contributed by atoms with Crippen LogP contribution in [-0.2, 0) is 25.6 Å². The van der Waals surface area contributed by atoms with Crippen LogP contribution in [0, 0.1) is 0 Å². The average Bonchev–Trinajstić information content (AvgIpc) is 2.95. The molecule has 1 aliphatic rings. The van der Waals surface area contributed by atoms with Gasteiger partial charge < -0.3 is 21.5 Å². The van der Waals surface area contributed by atoms with E-state index in [2.05, 4.69) is 22.8 Å². The first kappa shape index (κ1) is 20.1. The van der Waals surface area contributed by atoms with Crippen molar-refractivity contribution in [1.82, 2.24) is 10.6 Å². The number of hydrogen-bond donors (Lipinski definition) is 4. The molecule has 0 saturated carbocycles. The molecule has 136 valence electrons. The van der Waals surface area contributed by atoms with Gasteiger partial charge >= 0.3 is 5.97 Å². The molecule has 1 aromatic carbocycles. The average molecular weight is 349 g/mol. The molecule has 0 fully saturated rings. The molecule has 0 bridgehead atoms. The lowest BCUT2D eigenvalue weighted by molar-refractivity contribution is -0.141. The molecule has 0 heterocycles. The predicted octanol–water partition coefficient (Wildman–Crippen LogP) is 0.261. The van der Waals surface area contributed by atoms with Gasteiger partial charge in [0.15, 0.2) is 0 Å². The number of carbonyl (C=O) groups is 4. The summed E-state index contributed by atoms with van der Waals surface area (Å²) in [5.74, 6) is -2.20. The second-order valence-corrected chi connectivity index (χ2v) is 5.67. The molecule has 3 amide bonds. The molecule has 1 aromatic rings. The second-order valence-electron chi connectivity index (χ2n) is 5.67. The first-order chi connectivity index (χ1) is 11.8. The highest BCUT2D eigenvalue weighted by atomic mass is 16.4. The summed E-state index contributed by atoms with van der Waals surface area (Å²) in [6, 6.07) is 7.49. The van der Waals surface area contributed by atoms with Crippen molar-refractivity contribution in [3.05, 3.63) is 35.4 Å². The Labute approximate surface area is 145 Å². The van der Waals surface area contributed by atoms with Gasteiger partial charge in [-0.25, -0.2) is 4.79 Å². The number of benzene rings is 1. The summed E-state index contributed by atoms with van der Waals surface area (Å²) in [7, 11) is 0. The van der Waals surface area contributed by atoms with Crippen molar-refractivity contribution in [2.45, 2.75) is 44.7 Å². The summed E-state index contributed by atoms with van der Waals surface area (Å²) in [4.78, 5) is 41.6. The van der Waals surface area contributed by atoms with E-state index in [0.717, 1.165) is 19.3 Å². The van der Waals surface area contributed by atoms with Crippen LogP contribution < -0.4 is 16.4 Å². The number of fused-ring (bicyclic) bond motifs is 1. The summed E-state index contributed by atoms with van der Waals surface area (Å²) in [5, 5.41) is 13.6. The fourth-order valence-electron chi connectivity index (χ4n) is 2.60. The zero-order chi connectivity index (χ0) is 18.8. The van der Waals surface area contributed by atoms with Crippen molar-refractivity contribution in [2.24, 2.45) is 5.73 Å². The van der Waals surface area contributed by atoms with Gasteiger partial charge in [0.05, 0.1) is 6.04 Å². The van der Waals surface area contributed by atoms with Crippen LogP contribution in [0.25, 0.3) is 0 Å². The SMILES string of the molecule is CC(=O)N[C@@H](CCC(N)=O)C(=O)O.O=CN[C@@H]1CCc2ccccc21. The molecule has 1 aliphatic carbocycles. The van der Waals surface area contributed by atoms with Crippen LogP contribution in [0.4, 0.5) is 0 Å². The van der Waals surface area contributed by atoms with Crippen LogP contribution in [0.2, 0.25) is 0 Å². The number of carbonyl (C=O) groups excluding carboxylic acids is 3. The smallest absolute Gasteiger partial charge is 0.326 e. The highest BCUT2D eigenvalue weighted by molar-refractivity contribution is 5.83. The number of primary amides is 1. The monoisotopic (exact) mass is 349 g/mol. The molecule has 0 spiro atoms. The maximum absolute atomic E-state index is 10.5. The number of aryl methyl sites for hydroxylation is 1. The number of amides is 3. The van der Waals surface area contributed by atoms with Crippen LogP contribution in [0.1, 0.15) is 43.4 Å². The lowest BCUT2D eigenvalue weighted by Crippen LogP contribution is -2.40. The molecular formula is C17H23N3O5. The van der Waals surface area contributed by atoms with Crippen LogP contribution in [0.3, 0.4) is 0 Å². The molecule has 8 heteroatoms. The van der Waals surface area contributed by atoms with Gasteiger partial charge in [-0.3, -0.25) is 14.4 Å². The predicted molar refractivity (Wildman–Crippen MR) is 90.4 cm³/mol. The van der Waals surface area contributed by atoms with Crippen molar-refractivity contribution < 1.29 is 24.3 Å². The summed E-state index contributed by atoms with van der Waals surface area (Å²) in [6.45, 7) is 1.21. The van der Waals surface area contributed by atoms with Gasteiger partial charge in [0.1, 0.15) is 6.04 Å². The van der Waals surface area contributed by atoms with Crippen molar-refractivity contribution in [1.29, 1.82) is 0 Å². The van der Waals surface area contributed by atoms with E-state index in [0.29, 0.717) is 0 Å². The molecule has 0 aromatic heterocycles. The normalized spacial score (nSPS) is 15.8. The quantitative estimate of drug-likeness (QED) is 0.523. The lowest BCUT2D eigenvalue weighted by Gasteiger charge is -2.11. The van der Waals surface area contributed by atoms with Gasteiger partial charge in [-0.2, -0.15) is 0 Å². The van der Waals surface area contributed by atoms with Gasteiger partial charge in [0.2, 0.25) is 18.2 Å². The van der Waals surface area contributed by atoms with Crippen molar-refractivity contribution in [3.8, 4) is 0 Å². The standard InChI is InChI=1S/C10H11NO.C7H12N2O4/c12-7-11-10-6-5-8-3-1-2-4-9(8)10;1-4(10)9-5(7(12)13)2-3-6(8)11/h1-4,7,10H,5-6H2,(H,11,12);5H,2-3H2,1H3,(H2,8,11)(H,9,10)(H,12,13)/t10-;5-/m10/s1. The van der Waals surface area contributed by atoms with Crippen LogP contribution >= 0.6 is 0 Å². The molecule has 25 heavy (non-hydrogen) atoms. The first-order valence-electron chi connectivity index (χ1n) is 7.90. The highest BCUT2D eigenvalue weighted by Gasteiger charge is 2.20. The van der Waals surface area contributed by atoms with Crippen molar-refractivity contribution >= 4 is 24.2 Å². The molecule has 0 unspecified atom stereocenters. The van der Waals surface area contributed by atoms with Gasteiger partial charge in [0.25, 0.3) is 0 Å². The molecule has 2 rings (SSSR count). The Balaban J connectivity index is 0.000000250. The summed E-state index contributed by atoms with van der Waals surface area (Å²) < 4.78 is 0. The van der Waals surface area contributed by atoms with Crippen LogP contribution in [0.15, 0.2) is 24.3 Å². The fraction of sp³-hybridized carbons (Fsp3) is 0.412. The number of nitrogens with two attached hydrogens (primary N) is 1. The van der Waals surface area contributed by atoms with Crippen molar-refractivity contribution in [2.75, 3.05) is 0 Å². The molecule has 8 nitrogen and oxygen atoms in total. The van der Waals surface area contributed by atoms with Gasteiger partial charge in [-0.05, 0) is 30.4 Å². The van der Waals surface area contributed by atoms with Crippen LogP contribution in [-0.4, -0.2) is 35.3 Å². The Kier molecular flexibility index (Phi) is 8.11. The zero-order valence-corrected chi connectivity index (χ0v) is 14.0. The second kappa shape index (κ2) is 10.1. The maximum atomic E-state index is 10.5. The fourth-order valence-corrected chi connectivity index (χ4v) is 2.60. The van der Waals surface area contributed by atoms with Gasteiger partial charge in [0, 0.05) is 13.3 Å². The minimum Gasteiger partial charge on any atom is -0.480 e. The molecule has 0 aliphatic heterocycles. The van der Waals surface area contributed by atoms with E-state index in [4.69, 9.17) is 10.8 Å². The number of rotatable bonds is 7. The number of carboxylic acids is 1. The third kappa shape index (κ3) is 7.03. The topological polar surface area (TPSA) is 139 Å². The third-order valence-electron chi connectivity index (χ3n) is 3.76. The lowest BCUT2D eigenvalue weighted by atomic mass is 10.1. The van der Waals surface area contributed by atoms with E-state index in [9.17, 15) is 19.2 Å². The molecule has 0 radical (unpaired) electrons. The Bertz CT molecular complexity index is 632. The molecule has 5 N–H and O–H groups in total. The van der Waals surface area contributed by atoms with E-state index < -0.39 is 23.8 Å². The minimum absolute atomic E-state index is 0.0181. The largest absolute Gasteiger partial charge is 0.480 e. The summed E-state index contributed by atoms with van der Waals surface area (Å²) in [5.41, 5.74) is 7.48. The number of aliphatic carboxylic acids is 1. The number of hydrogen-bond acceptors (Lipinski definition) is 4.